The number of hydrogen-bond donors (Lipinski definition) is 2. The highest BCUT2D eigenvalue weighted by Gasteiger charge is 2.30. The summed E-state index contributed by atoms with van der Waals surface area (Å²) in [5.74, 6) is -4.96. The predicted octanol–water partition coefficient (Wildman–Crippen LogP) is 1.65. The van der Waals surface area contributed by atoms with Crippen molar-refractivity contribution in [3.8, 4) is 0 Å². The van der Waals surface area contributed by atoms with Gasteiger partial charge in [0.05, 0.1) is 0 Å². The lowest BCUT2D eigenvalue weighted by atomic mass is 9.92. The van der Waals surface area contributed by atoms with Crippen LogP contribution >= 0.6 is 0 Å². The van der Waals surface area contributed by atoms with E-state index in [0.29, 0.717) is 25.0 Å². The van der Waals surface area contributed by atoms with E-state index < -0.39 is 38.4 Å². The summed E-state index contributed by atoms with van der Waals surface area (Å²) in [5.41, 5.74) is 5.80. The molecule has 0 saturated heterocycles. The van der Waals surface area contributed by atoms with Gasteiger partial charge in [-0.2, -0.15) is 0 Å². The number of halogens is 3. The topological polar surface area (TPSA) is 72.2 Å². The Hall–Kier alpha value is -1.12. The van der Waals surface area contributed by atoms with Gasteiger partial charge in [0.1, 0.15) is 4.90 Å². The molecule has 0 heterocycles. The molecule has 0 amide bonds. The van der Waals surface area contributed by atoms with E-state index in [4.69, 9.17) is 5.73 Å². The highest BCUT2D eigenvalue weighted by molar-refractivity contribution is 7.89. The molecule has 0 radical (unpaired) electrons. The highest BCUT2D eigenvalue weighted by atomic mass is 32.2. The number of sulfonamides is 1. The minimum atomic E-state index is -4.27. The molecule has 0 spiro atoms. The van der Waals surface area contributed by atoms with Crippen molar-refractivity contribution in [2.45, 2.75) is 42.7 Å². The molecule has 1 aliphatic carbocycles. The van der Waals surface area contributed by atoms with Gasteiger partial charge in [-0.15, -0.1) is 0 Å². The number of rotatable bonds is 3. The lowest BCUT2D eigenvalue weighted by molar-refractivity contribution is 0.360. The lowest BCUT2D eigenvalue weighted by Crippen LogP contribution is -2.49. The molecule has 0 bridgehead atoms. The van der Waals surface area contributed by atoms with Crippen molar-refractivity contribution in [2.75, 3.05) is 0 Å². The molecule has 1 aromatic carbocycles. The molecule has 1 saturated carbocycles. The molecular formula is C12H15F3N2O2S. The zero-order valence-corrected chi connectivity index (χ0v) is 11.4. The first-order valence-corrected chi connectivity index (χ1v) is 7.72. The molecule has 2 atom stereocenters. The summed E-state index contributed by atoms with van der Waals surface area (Å²) in [7, 11) is -4.27. The maximum atomic E-state index is 13.5. The van der Waals surface area contributed by atoms with Gasteiger partial charge in [-0.1, -0.05) is 12.8 Å². The molecule has 8 heteroatoms. The van der Waals surface area contributed by atoms with Crippen molar-refractivity contribution >= 4 is 10.0 Å². The Morgan fingerprint density at radius 3 is 2.40 bits per heavy atom. The quantitative estimate of drug-likeness (QED) is 0.834. The first-order chi connectivity index (χ1) is 9.33. The van der Waals surface area contributed by atoms with Crippen LogP contribution in [0, 0.1) is 17.5 Å². The Kier molecular flexibility index (Phi) is 4.36. The van der Waals surface area contributed by atoms with Crippen LogP contribution in [0.3, 0.4) is 0 Å². The zero-order chi connectivity index (χ0) is 14.9. The number of nitrogens with two attached hydrogens (primary N) is 1. The fourth-order valence-electron chi connectivity index (χ4n) is 2.28. The van der Waals surface area contributed by atoms with Crippen LogP contribution in [-0.2, 0) is 10.0 Å². The van der Waals surface area contributed by atoms with Crippen molar-refractivity contribution in [1.82, 2.24) is 4.72 Å². The van der Waals surface area contributed by atoms with Gasteiger partial charge < -0.3 is 5.73 Å². The Bertz CT molecular complexity index is 607. The van der Waals surface area contributed by atoms with Crippen LogP contribution in [0.1, 0.15) is 25.7 Å². The summed E-state index contributed by atoms with van der Waals surface area (Å²) in [5, 5.41) is 0. The molecule has 4 nitrogen and oxygen atoms in total. The molecule has 2 unspecified atom stereocenters. The monoisotopic (exact) mass is 308 g/mol. The Morgan fingerprint density at radius 1 is 1.10 bits per heavy atom. The van der Waals surface area contributed by atoms with E-state index in [2.05, 4.69) is 4.72 Å². The van der Waals surface area contributed by atoms with Crippen LogP contribution < -0.4 is 10.5 Å². The zero-order valence-electron chi connectivity index (χ0n) is 10.6. The van der Waals surface area contributed by atoms with Crippen LogP contribution in [0.25, 0.3) is 0 Å². The lowest BCUT2D eigenvalue weighted by Gasteiger charge is -2.29. The van der Waals surface area contributed by atoms with Crippen LogP contribution in [0.15, 0.2) is 17.0 Å². The van der Waals surface area contributed by atoms with E-state index in [-0.39, 0.29) is 6.04 Å². The molecule has 1 aromatic rings. The molecule has 0 aliphatic heterocycles. The average molecular weight is 308 g/mol. The van der Waals surface area contributed by atoms with E-state index in [9.17, 15) is 21.6 Å². The minimum absolute atomic E-state index is 0.369. The molecule has 20 heavy (non-hydrogen) atoms. The number of benzene rings is 1. The Morgan fingerprint density at radius 2 is 1.75 bits per heavy atom. The highest BCUT2D eigenvalue weighted by Crippen LogP contribution is 2.22. The first kappa shape index (κ1) is 15.3. The molecule has 2 rings (SSSR count). The van der Waals surface area contributed by atoms with E-state index in [1.54, 1.807) is 0 Å². The average Bonchev–Trinajstić information content (AvgIpc) is 2.38. The van der Waals surface area contributed by atoms with Crippen molar-refractivity contribution in [3.05, 3.63) is 29.6 Å². The maximum Gasteiger partial charge on any atom is 0.243 e. The van der Waals surface area contributed by atoms with Crippen molar-refractivity contribution in [1.29, 1.82) is 0 Å². The van der Waals surface area contributed by atoms with Crippen molar-refractivity contribution < 1.29 is 21.6 Å². The number of nitrogens with one attached hydrogen (secondary N) is 1. The van der Waals surface area contributed by atoms with E-state index in [0.717, 1.165) is 12.8 Å². The smallest absolute Gasteiger partial charge is 0.243 e. The van der Waals surface area contributed by atoms with Gasteiger partial charge in [0.2, 0.25) is 10.0 Å². The molecule has 3 N–H and O–H groups in total. The fraction of sp³-hybridized carbons (Fsp3) is 0.500. The number of hydrogen-bond acceptors (Lipinski definition) is 3. The second-order valence-corrected chi connectivity index (χ2v) is 6.53. The Balaban J connectivity index is 2.29. The first-order valence-electron chi connectivity index (χ1n) is 6.24. The van der Waals surface area contributed by atoms with E-state index in [1.165, 1.54) is 0 Å². The van der Waals surface area contributed by atoms with Crippen LogP contribution in [-0.4, -0.2) is 20.5 Å². The van der Waals surface area contributed by atoms with Gasteiger partial charge in [-0.05, 0) is 25.0 Å². The van der Waals surface area contributed by atoms with Gasteiger partial charge in [-0.25, -0.2) is 26.3 Å². The second kappa shape index (κ2) is 5.71. The summed E-state index contributed by atoms with van der Waals surface area (Å²) in [4.78, 5) is -0.908. The summed E-state index contributed by atoms with van der Waals surface area (Å²) in [6, 6.07) is 0.381. The summed E-state index contributed by atoms with van der Waals surface area (Å²) >= 11 is 0. The van der Waals surface area contributed by atoms with E-state index in [1.807, 2.05) is 0 Å². The minimum Gasteiger partial charge on any atom is -0.326 e. The molecule has 0 aromatic heterocycles. The Labute approximate surface area is 115 Å². The van der Waals surface area contributed by atoms with Crippen LogP contribution in [0.5, 0.6) is 0 Å². The third-order valence-electron chi connectivity index (χ3n) is 3.42. The van der Waals surface area contributed by atoms with Gasteiger partial charge in [0.15, 0.2) is 17.5 Å². The standard InChI is InChI=1S/C12H15F3N2O2S/c13-7-5-6-10(12(15)11(7)14)20(18,19)17-9-4-2-1-3-8(9)16/h5-6,8-9,17H,1-4,16H2. The SMILES string of the molecule is NC1CCCCC1NS(=O)(=O)c1ccc(F)c(F)c1F. The molecule has 1 aliphatic rings. The predicted molar refractivity (Wildman–Crippen MR) is 66.9 cm³/mol. The van der Waals surface area contributed by atoms with Gasteiger partial charge in [-0.3, -0.25) is 0 Å². The third kappa shape index (κ3) is 2.97. The van der Waals surface area contributed by atoms with Crippen molar-refractivity contribution in [3.63, 3.8) is 0 Å². The second-order valence-electron chi connectivity index (χ2n) is 4.85. The molecule has 1 fully saturated rings. The summed E-state index contributed by atoms with van der Waals surface area (Å²) < 4.78 is 65.8. The molecule has 112 valence electrons. The van der Waals surface area contributed by atoms with Crippen LogP contribution in [0.2, 0.25) is 0 Å². The maximum absolute atomic E-state index is 13.5. The van der Waals surface area contributed by atoms with Gasteiger partial charge >= 0.3 is 0 Å². The fourth-order valence-corrected chi connectivity index (χ4v) is 3.68. The van der Waals surface area contributed by atoms with Crippen molar-refractivity contribution in [2.24, 2.45) is 5.73 Å². The van der Waals surface area contributed by atoms with Gasteiger partial charge in [0, 0.05) is 12.1 Å². The van der Waals surface area contributed by atoms with Gasteiger partial charge in [0.25, 0.3) is 0 Å². The van der Waals surface area contributed by atoms with Crippen LogP contribution in [0.4, 0.5) is 13.2 Å². The third-order valence-corrected chi connectivity index (χ3v) is 4.92. The summed E-state index contributed by atoms with van der Waals surface area (Å²) in [6.45, 7) is 0. The summed E-state index contributed by atoms with van der Waals surface area (Å²) in [6.07, 6.45) is 2.90. The largest absolute Gasteiger partial charge is 0.326 e. The van der Waals surface area contributed by atoms with E-state index >= 15 is 0 Å². The normalized spacial score (nSPS) is 23.8. The molecular weight excluding hydrogens is 293 g/mol.